The van der Waals surface area contributed by atoms with Crippen LogP contribution in [0.3, 0.4) is 0 Å². The summed E-state index contributed by atoms with van der Waals surface area (Å²) in [5, 5.41) is 9.58. The number of carbonyl (C=O) groups is 2. The Balaban J connectivity index is 1.65. The number of nitrogens with zero attached hydrogens (tertiary/aromatic N) is 1. The lowest BCUT2D eigenvalue weighted by Crippen LogP contribution is -2.46. The fourth-order valence-corrected chi connectivity index (χ4v) is 4.30. The van der Waals surface area contributed by atoms with E-state index >= 15 is 0 Å². The Hall–Kier alpha value is -2.24. The van der Waals surface area contributed by atoms with E-state index in [0.29, 0.717) is 42.6 Å². The standard InChI is InChI=1S/C18H21NO5/c20-17(12-5-6-15-16(10-12)24-8-7-23-15)19-13-4-2-1-3-11(13)9-14(19)18(21)22/h5-6,10-11,13-14H,1-4,7-9H2,(H,21,22)/t11-,13+,14-/m0/s1. The number of amides is 1. The maximum absolute atomic E-state index is 13.1. The number of hydrogen-bond acceptors (Lipinski definition) is 4. The van der Waals surface area contributed by atoms with Crippen molar-refractivity contribution in [2.45, 2.75) is 44.2 Å². The quantitative estimate of drug-likeness (QED) is 0.900. The van der Waals surface area contributed by atoms with Gasteiger partial charge in [0.05, 0.1) is 0 Å². The van der Waals surface area contributed by atoms with Crippen molar-refractivity contribution < 1.29 is 24.2 Å². The molecule has 0 bridgehead atoms. The number of aliphatic carboxylic acids is 1. The first-order valence-corrected chi connectivity index (χ1v) is 8.60. The Bertz CT molecular complexity index is 673. The van der Waals surface area contributed by atoms with E-state index in [1.165, 1.54) is 0 Å². The van der Waals surface area contributed by atoms with Gasteiger partial charge < -0.3 is 19.5 Å². The second-order valence-corrected chi connectivity index (χ2v) is 6.77. The van der Waals surface area contributed by atoms with Crippen LogP contribution in [-0.4, -0.2) is 47.2 Å². The number of rotatable bonds is 2. The van der Waals surface area contributed by atoms with Crippen molar-refractivity contribution in [3.05, 3.63) is 23.8 Å². The van der Waals surface area contributed by atoms with Gasteiger partial charge in [0.15, 0.2) is 11.5 Å². The molecule has 6 nitrogen and oxygen atoms in total. The first-order valence-electron chi connectivity index (χ1n) is 8.60. The molecule has 0 unspecified atom stereocenters. The van der Waals surface area contributed by atoms with Crippen LogP contribution in [0.25, 0.3) is 0 Å². The first-order chi connectivity index (χ1) is 11.6. The Labute approximate surface area is 140 Å². The number of ether oxygens (including phenoxy) is 2. The molecule has 0 spiro atoms. The van der Waals surface area contributed by atoms with Crippen molar-refractivity contribution in [3.8, 4) is 11.5 Å². The highest BCUT2D eigenvalue weighted by atomic mass is 16.6. The number of hydrogen-bond donors (Lipinski definition) is 1. The minimum atomic E-state index is -0.907. The third-order valence-corrected chi connectivity index (χ3v) is 5.40. The second-order valence-electron chi connectivity index (χ2n) is 6.77. The van der Waals surface area contributed by atoms with Gasteiger partial charge in [-0.05, 0) is 43.4 Å². The van der Waals surface area contributed by atoms with Crippen molar-refractivity contribution >= 4 is 11.9 Å². The van der Waals surface area contributed by atoms with Gasteiger partial charge in [-0.15, -0.1) is 0 Å². The summed E-state index contributed by atoms with van der Waals surface area (Å²) in [5.74, 6) is 0.369. The molecule has 1 saturated carbocycles. The zero-order valence-electron chi connectivity index (χ0n) is 13.4. The number of carboxylic acid groups (broad SMARTS) is 1. The Morgan fingerprint density at radius 1 is 1.08 bits per heavy atom. The average molecular weight is 331 g/mol. The average Bonchev–Trinajstić information content (AvgIpc) is 3.00. The fourth-order valence-electron chi connectivity index (χ4n) is 4.30. The molecule has 1 amide bonds. The summed E-state index contributed by atoms with van der Waals surface area (Å²) in [6.45, 7) is 0.952. The predicted molar refractivity (Wildman–Crippen MR) is 85.4 cm³/mol. The number of benzene rings is 1. The molecule has 4 rings (SSSR count). The summed E-state index contributed by atoms with van der Waals surface area (Å²) >= 11 is 0. The molecule has 2 fully saturated rings. The third kappa shape index (κ3) is 2.50. The van der Waals surface area contributed by atoms with Gasteiger partial charge in [0.1, 0.15) is 19.3 Å². The van der Waals surface area contributed by atoms with Crippen LogP contribution in [0.2, 0.25) is 0 Å². The number of carboxylic acids is 1. The molecule has 6 heteroatoms. The summed E-state index contributed by atoms with van der Waals surface area (Å²) in [6.07, 6.45) is 4.65. The van der Waals surface area contributed by atoms with E-state index in [2.05, 4.69) is 0 Å². The Morgan fingerprint density at radius 2 is 1.83 bits per heavy atom. The molecule has 3 aliphatic rings. The maximum atomic E-state index is 13.1. The van der Waals surface area contributed by atoms with Gasteiger partial charge in [0, 0.05) is 11.6 Å². The molecule has 1 aromatic carbocycles. The van der Waals surface area contributed by atoms with Gasteiger partial charge in [-0.25, -0.2) is 4.79 Å². The predicted octanol–water partition coefficient (Wildman–Crippen LogP) is 2.32. The summed E-state index contributed by atoms with van der Waals surface area (Å²) in [5.41, 5.74) is 0.469. The molecule has 2 heterocycles. The Kier molecular flexibility index (Phi) is 3.82. The normalized spacial score (nSPS) is 28.3. The highest BCUT2D eigenvalue weighted by Crippen LogP contribution is 2.41. The molecule has 128 valence electrons. The molecule has 2 aliphatic heterocycles. The zero-order chi connectivity index (χ0) is 16.7. The van der Waals surface area contributed by atoms with Gasteiger partial charge in [-0.1, -0.05) is 12.8 Å². The molecule has 1 aromatic rings. The topological polar surface area (TPSA) is 76.1 Å². The van der Waals surface area contributed by atoms with Crippen molar-refractivity contribution in [3.63, 3.8) is 0 Å². The van der Waals surface area contributed by atoms with Crippen molar-refractivity contribution in [1.29, 1.82) is 0 Å². The fraction of sp³-hybridized carbons (Fsp3) is 0.556. The summed E-state index contributed by atoms with van der Waals surface area (Å²) in [6, 6.07) is 4.42. The number of likely N-dealkylation sites (tertiary alicyclic amines) is 1. The van der Waals surface area contributed by atoms with Crippen LogP contribution < -0.4 is 9.47 Å². The molecule has 1 aliphatic carbocycles. The van der Waals surface area contributed by atoms with E-state index in [9.17, 15) is 14.7 Å². The molecule has 1 N–H and O–H groups in total. The number of carbonyl (C=O) groups excluding carboxylic acids is 1. The molecular weight excluding hydrogens is 310 g/mol. The highest BCUT2D eigenvalue weighted by Gasteiger charge is 2.47. The maximum Gasteiger partial charge on any atom is 0.326 e. The van der Waals surface area contributed by atoms with Crippen LogP contribution in [0, 0.1) is 5.92 Å². The molecule has 0 radical (unpaired) electrons. The van der Waals surface area contributed by atoms with Crippen LogP contribution >= 0.6 is 0 Å². The van der Waals surface area contributed by atoms with Crippen LogP contribution in [0.4, 0.5) is 0 Å². The van der Waals surface area contributed by atoms with Crippen molar-refractivity contribution in [2.24, 2.45) is 5.92 Å². The van der Waals surface area contributed by atoms with Gasteiger partial charge >= 0.3 is 5.97 Å². The SMILES string of the molecule is O=C(O)[C@@H]1C[C@@H]2CCCC[C@H]2N1C(=O)c1ccc2c(c1)OCCO2. The van der Waals surface area contributed by atoms with E-state index < -0.39 is 12.0 Å². The lowest BCUT2D eigenvalue weighted by molar-refractivity contribution is -0.141. The zero-order valence-corrected chi connectivity index (χ0v) is 13.4. The van der Waals surface area contributed by atoms with Crippen LogP contribution in [0.15, 0.2) is 18.2 Å². The molecular formula is C18H21NO5. The smallest absolute Gasteiger partial charge is 0.326 e. The van der Waals surface area contributed by atoms with Gasteiger partial charge in [-0.3, -0.25) is 4.79 Å². The molecule has 24 heavy (non-hydrogen) atoms. The van der Waals surface area contributed by atoms with E-state index in [1.54, 1.807) is 23.1 Å². The lowest BCUT2D eigenvalue weighted by Gasteiger charge is -2.33. The van der Waals surface area contributed by atoms with Crippen LogP contribution in [0.5, 0.6) is 11.5 Å². The minimum absolute atomic E-state index is 0.0422. The summed E-state index contributed by atoms with van der Waals surface area (Å²) in [7, 11) is 0. The highest BCUT2D eigenvalue weighted by molar-refractivity contribution is 5.98. The van der Waals surface area contributed by atoms with Crippen molar-refractivity contribution in [1.82, 2.24) is 4.90 Å². The largest absolute Gasteiger partial charge is 0.486 e. The Morgan fingerprint density at radius 3 is 2.62 bits per heavy atom. The molecule has 0 aromatic heterocycles. The molecule has 3 atom stereocenters. The number of fused-ring (bicyclic) bond motifs is 2. The molecule has 1 saturated heterocycles. The third-order valence-electron chi connectivity index (χ3n) is 5.40. The van der Waals surface area contributed by atoms with Crippen molar-refractivity contribution in [2.75, 3.05) is 13.2 Å². The van der Waals surface area contributed by atoms with Gasteiger partial charge in [0.25, 0.3) is 5.91 Å². The minimum Gasteiger partial charge on any atom is -0.486 e. The van der Waals surface area contributed by atoms with E-state index in [0.717, 1.165) is 25.7 Å². The van der Waals surface area contributed by atoms with E-state index in [4.69, 9.17) is 9.47 Å². The summed E-state index contributed by atoms with van der Waals surface area (Å²) < 4.78 is 11.0. The van der Waals surface area contributed by atoms with E-state index in [1.807, 2.05) is 0 Å². The van der Waals surface area contributed by atoms with E-state index in [-0.39, 0.29) is 11.9 Å². The van der Waals surface area contributed by atoms with Gasteiger partial charge in [-0.2, -0.15) is 0 Å². The monoisotopic (exact) mass is 331 g/mol. The first kappa shape index (κ1) is 15.3. The second kappa shape index (κ2) is 6.00. The van der Waals surface area contributed by atoms with Gasteiger partial charge in [0.2, 0.25) is 0 Å². The lowest BCUT2D eigenvalue weighted by atomic mass is 9.84. The van der Waals surface area contributed by atoms with Crippen LogP contribution in [-0.2, 0) is 4.79 Å². The summed E-state index contributed by atoms with van der Waals surface area (Å²) in [4.78, 5) is 26.4. The van der Waals surface area contributed by atoms with Crippen LogP contribution in [0.1, 0.15) is 42.5 Å².